The van der Waals surface area contributed by atoms with E-state index < -0.39 is 11.9 Å². The molecule has 0 heterocycles. The van der Waals surface area contributed by atoms with E-state index in [0.29, 0.717) is 24.5 Å². The number of hydrogen-bond acceptors (Lipinski definition) is 7. The summed E-state index contributed by atoms with van der Waals surface area (Å²) in [4.78, 5) is 25.5. The minimum Gasteiger partial charge on any atom is -0.492 e. The number of nitriles is 1. The molecule has 0 atom stereocenters. The summed E-state index contributed by atoms with van der Waals surface area (Å²) in [6, 6.07) is 13.7. The van der Waals surface area contributed by atoms with E-state index in [1.165, 1.54) is 32.4 Å². The van der Waals surface area contributed by atoms with Crippen molar-refractivity contribution < 1.29 is 23.8 Å². The standard InChI is InChI=1S/C20H20N2O5/c1-22(17-6-4-14(13-21)5-7-17)8-9-27-18-11-15(19(23)25-2)10-16(12-18)20(24)26-3/h4-7,10-12H,8-9H2,1-3H3. The van der Waals surface area contributed by atoms with Gasteiger partial charge in [-0.2, -0.15) is 5.26 Å². The fraction of sp³-hybridized carbons (Fsp3) is 0.250. The maximum absolute atomic E-state index is 11.8. The van der Waals surface area contributed by atoms with E-state index in [1.54, 1.807) is 12.1 Å². The molecular formula is C20H20N2O5. The van der Waals surface area contributed by atoms with E-state index in [4.69, 9.17) is 19.5 Å². The van der Waals surface area contributed by atoms with Gasteiger partial charge in [-0.1, -0.05) is 0 Å². The predicted molar refractivity (Wildman–Crippen MR) is 99.0 cm³/mol. The first-order valence-corrected chi connectivity index (χ1v) is 8.14. The van der Waals surface area contributed by atoms with Gasteiger partial charge in [0.25, 0.3) is 0 Å². The van der Waals surface area contributed by atoms with Gasteiger partial charge in [0.05, 0.1) is 43.5 Å². The van der Waals surface area contributed by atoms with Crippen molar-refractivity contribution in [2.24, 2.45) is 0 Å². The number of rotatable bonds is 7. The molecule has 2 aromatic carbocycles. The van der Waals surface area contributed by atoms with Gasteiger partial charge in [0, 0.05) is 12.7 Å². The average Bonchev–Trinajstić information content (AvgIpc) is 2.72. The Hall–Kier alpha value is -3.53. The van der Waals surface area contributed by atoms with E-state index in [2.05, 4.69) is 6.07 Å². The second kappa shape index (κ2) is 9.25. The van der Waals surface area contributed by atoms with Crippen molar-refractivity contribution in [3.05, 3.63) is 59.2 Å². The molecule has 0 amide bonds. The lowest BCUT2D eigenvalue weighted by atomic mass is 10.1. The van der Waals surface area contributed by atoms with Gasteiger partial charge in [0.2, 0.25) is 0 Å². The maximum Gasteiger partial charge on any atom is 0.338 e. The highest BCUT2D eigenvalue weighted by atomic mass is 16.5. The van der Waals surface area contributed by atoms with Gasteiger partial charge in [-0.25, -0.2) is 9.59 Å². The Bertz CT molecular complexity index is 821. The lowest BCUT2D eigenvalue weighted by molar-refractivity contribution is 0.0598. The van der Waals surface area contributed by atoms with Gasteiger partial charge < -0.3 is 19.1 Å². The number of esters is 2. The third kappa shape index (κ3) is 5.22. The molecule has 0 spiro atoms. The fourth-order valence-electron chi connectivity index (χ4n) is 2.37. The summed E-state index contributed by atoms with van der Waals surface area (Å²) in [5, 5.41) is 8.84. The van der Waals surface area contributed by atoms with Crippen LogP contribution < -0.4 is 9.64 Å². The SMILES string of the molecule is COC(=O)c1cc(OCCN(C)c2ccc(C#N)cc2)cc(C(=O)OC)c1. The summed E-state index contributed by atoms with van der Waals surface area (Å²) in [5.41, 5.74) is 1.95. The van der Waals surface area contributed by atoms with Crippen molar-refractivity contribution in [3.8, 4) is 11.8 Å². The van der Waals surface area contributed by atoms with Gasteiger partial charge in [0.15, 0.2) is 0 Å². The molecule has 0 aliphatic rings. The van der Waals surface area contributed by atoms with Crippen LogP contribution in [0.25, 0.3) is 0 Å². The number of carbonyl (C=O) groups excluding carboxylic acids is 2. The summed E-state index contributed by atoms with van der Waals surface area (Å²) in [6.07, 6.45) is 0. The van der Waals surface area contributed by atoms with Gasteiger partial charge in [0.1, 0.15) is 12.4 Å². The number of benzene rings is 2. The van der Waals surface area contributed by atoms with Crippen molar-refractivity contribution in [2.45, 2.75) is 0 Å². The molecule has 7 heteroatoms. The minimum absolute atomic E-state index is 0.204. The lowest BCUT2D eigenvalue weighted by Gasteiger charge is -2.19. The molecule has 2 aromatic rings. The van der Waals surface area contributed by atoms with Crippen LogP contribution in [0.3, 0.4) is 0 Å². The normalized spacial score (nSPS) is 9.85. The average molecular weight is 368 g/mol. The first kappa shape index (κ1) is 19.8. The molecule has 0 saturated heterocycles. The van der Waals surface area contributed by atoms with Crippen molar-refractivity contribution in [3.63, 3.8) is 0 Å². The zero-order valence-electron chi connectivity index (χ0n) is 15.4. The quantitative estimate of drug-likeness (QED) is 0.694. The summed E-state index contributed by atoms with van der Waals surface area (Å²) in [7, 11) is 4.43. The summed E-state index contributed by atoms with van der Waals surface area (Å²) < 4.78 is 15.1. The van der Waals surface area contributed by atoms with Crippen LogP contribution in [-0.4, -0.2) is 46.4 Å². The van der Waals surface area contributed by atoms with E-state index >= 15 is 0 Å². The molecule has 0 aromatic heterocycles. The molecule has 2 rings (SSSR count). The number of likely N-dealkylation sites (N-methyl/N-ethyl adjacent to an activating group) is 1. The maximum atomic E-state index is 11.8. The number of nitrogens with zero attached hydrogens (tertiary/aromatic N) is 2. The Labute approximate surface area is 157 Å². The zero-order valence-corrected chi connectivity index (χ0v) is 15.4. The highest BCUT2D eigenvalue weighted by Gasteiger charge is 2.14. The van der Waals surface area contributed by atoms with Crippen LogP contribution in [0.2, 0.25) is 0 Å². The van der Waals surface area contributed by atoms with Crippen LogP contribution in [0.1, 0.15) is 26.3 Å². The second-order valence-electron chi connectivity index (χ2n) is 5.66. The van der Waals surface area contributed by atoms with Crippen LogP contribution in [-0.2, 0) is 9.47 Å². The molecule has 27 heavy (non-hydrogen) atoms. The lowest BCUT2D eigenvalue weighted by Crippen LogP contribution is -2.23. The van der Waals surface area contributed by atoms with Crippen molar-refractivity contribution in [1.29, 1.82) is 5.26 Å². The van der Waals surface area contributed by atoms with Gasteiger partial charge in [-0.15, -0.1) is 0 Å². The van der Waals surface area contributed by atoms with Gasteiger partial charge in [-0.05, 0) is 42.5 Å². The molecule has 0 unspecified atom stereocenters. The number of hydrogen-bond donors (Lipinski definition) is 0. The third-order valence-corrected chi connectivity index (χ3v) is 3.88. The molecule has 0 aliphatic heterocycles. The van der Waals surface area contributed by atoms with Crippen molar-refractivity contribution >= 4 is 17.6 Å². The molecular weight excluding hydrogens is 348 g/mol. The molecule has 0 radical (unpaired) electrons. The van der Waals surface area contributed by atoms with Crippen molar-refractivity contribution in [1.82, 2.24) is 0 Å². The molecule has 0 saturated carbocycles. The number of anilines is 1. The molecule has 140 valence electrons. The molecule has 7 nitrogen and oxygen atoms in total. The van der Waals surface area contributed by atoms with E-state index in [-0.39, 0.29) is 11.1 Å². The fourth-order valence-corrected chi connectivity index (χ4v) is 2.37. The monoisotopic (exact) mass is 368 g/mol. The van der Waals surface area contributed by atoms with Crippen LogP contribution in [0.15, 0.2) is 42.5 Å². The number of carbonyl (C=O) groups is 2. The smallest absolute Gasteiger partial charge is 0.338 e. The highest BCUT2D eigenvalue weighted by molar-refractivity contribution is 5.96. The molecule has 0 fully saturated rings. The summed E-state index contributed by atoms with van der Waals surface area (Å²) >= 11 is 0. The van der Waals surface area contributed by atoms with Crippen LogP contribution in [0, 0.1) is 11.3 Å². The summed E-state index contributed by atoms with van der Waals surface area (Å²) in [5.74, 6) is -0.771. The summed E-state index contributed by atoms with van der Waals surface area (Å²) in [6.45, 7) is 0.879. The van der Waals surface area contributed by atoms with E-state index in [0.717, 1.165) is 5.69 Å². The Balaban J connectivity index is 2.06. The number of ether oxygens (including phenoxy) is 3. The van der Waals surface area contributed by atoms with Gasteiger partial charge in [-0.3, -0.25) is 0 Å². The minimum atomic E-state index is -0.569. The molecule has 0 bridgehead atoms. The topological polar surface area (TPSA) is 88.9 Å². The molecule has 0 N–H and O–H groups in total. The van der Waals surface area contributed by atoms with E-state index in [1.807, 2.05) is 24.1 Å². The first-order valence-electron chi connectivity index (χ1n) is 8.14. The second-order valence-corrected chi connectivity index (χ2v) is 5.66. The van der Waals surface area contributed by atoms with Crippen LogP contribution in [0.5, 0.6) is 5.75 Å². The van der Waals surface area contributed by atoms with Crippen molar-refractivity contribution in [2.75, 3.05) is 39.3 Å². The zero-order chi connectivity index (χ0) is 19.8. The van der Waals surface area contributed by atoms with Crippen LogP contribution in [0.4, 0.5) is 5.69 Å². The van der Waals surface area contributed by atoms with Gasteiger partial charge >= 0.3 is 11.9 Å². The molecule has 0 aliphatic carbocycles. The Kier molecular flexibility index (Phi) is 6.78. The third-order valence-electron chi connectivity index (χ3n) is 3.88. The Morgan fingerprint density at radius 2 is 1.56 bits per heavy atom. The highest BCUT2D eigenvalue weighted by Crippen LogP contribution is 2.19. The number of methoxy groups -OCH3 is 2. The Morgan fingerprint density at radius 3 is 2.04 bits per heavy atom. The largest absolute Gasteiger partial charge is 0.492 e. The van der Waals surface area contributed by atoms with E-state index in [9.17, 15) is 9.59 Å². The first-order chi connectivity index (χ1) is 13.0. The van der Waals surface area contributed by atoms with Crippen LogP contribution >= 0.6 is 0 Å². The Morgan fingerprint density at radius 1 is 1.00 bits per heavy atom. The predicted octanol–water partition coefficient (Wildman–Crippen LogP) is 2.65.